The van der Waals surface area contributed by atoms with Crippen LogP contribution < -0.4 is 10.1 Å². The van der Waals surface area contributed by atoms with Crippen LogP contribution in [0.2, 0.25) is 0 Å². The first-order valence-electron chi connectivity index (χ1n) is 6.29. The number of rotatable bonds is 4. The van der Waals surface area contributed by atoms with Crippen molar-refractivity contribution in [1.29, 1.82) is 0 Å². The topological polar surface area (TPSA) is 110 Å². The van der Waals surface area contributed by atoms with E-state index in [0.717, 1.165) is 0 Å². The number of benzene rings is 1. The normalized spacial score (nSPS) is 20.0. The van der Waals surface area contributed by atoms with Gasteiger partial charge < -0.3 is 15.2 Å². The summed E-state index contributed by atoms with van der Waals surface area (Å²) in [6.45, 7) is 0. The molecule has 1 saturated heterocycles. The fourth-order valence-electron chi connectivity index (χ4n) is 2.25. The maximum absolute atomic E-state index is 12.0. The van der Waals surface area contributed by atoms with Crippen molar-refractivity contribution >= 4 is 27.4 Å². The van der Waals surface area contributed by atoms with Crippen LogP contribution in [0.15, 0.2) is 18.2 Å². The molecule has 1 heterocycles. The lowest BCUT2D eigenvalue weighted by Crippen LogP contribution is -2.31. The van der Waals surface area contributed by atoms with Gasteiger partial charge in [-0.05, 0) is 25.0 Å². The summed E-state index contributed by atoms with van der Waals surface area (Å²) in [5.74, 6) is -1.64. The van der Waals surface area contributed by atoms with Crippen LogP contribution in [-0.4, -0.2) is 43.5 Å². The highest BCUT2D eigenvalue weighted by atomic mass is 32.2. The Balaban J connectivity index is 2.20. The molecule has 1 aliphatic rings. The minimum absolute atomic E-state index is 0.0202. The maximum atomic E-state index is 12.0. The largest absolute Gasteiger partial charge is 0.496 e. The van der Waals surface area contributed by atoms with Crippen LogP contribution in [0.5, 0.6) is 5.75 Å². The van der Waals surface area contributed by atoms with Crippen molar-refractivity contribution in [3.8, 4) is 5.75 Å². The molecule has 0 aromatic heterocycles. The monoisotopic (exact) mass is 313 g/mol. The summed E-state index contributed by atoms with van der Waals surface area (Å²) >= 11 is 0. The van der Waals surface area contributed by atoms with Gasteiger partial charge in [-0.1, -0.05) is 0 Å². The molecule has 0 spiro atoms. The predicted octanol–water partition coefficient (Wildman–Crippen LogP) is 0.909. The minimum Gasteiger partial charge on any atom is -0.496 e. The molecule has 2 N–H and O–H groups in total. The second-order valence-corrected chi connectivity index (χ2v) is 7.01. The van der Waals surface area contributed by atoms with E-state index in [2.05, 4.69) is 5.32 Å². The molecule has 2 rings (SSSR count). The Bertz CT molecular complexity index is 682. The van der Waals surface area contributed by atoms with Crippen molar-refractivity contribution < 1.29 is 27.9 Å². The summed E-state index contributed by atoms with van der Waals surface area (Å²) in [6.07, 6.45) is 0.778. The van der Waals surface area contributed by atoms with E-state index in [0.29, 0.717) is 18.5 Å². The molecule has 1 unspecified atom stereocenters. The number of carbonyl (C=O) groups excluding carboxylic acids is 1. The summed E-state index contributed by atoms with van der Waals surface area (Å²) in [6, 6.07) is 4.04. The number of carbonyl (C=O) groups is 2. The molecule has 7 nitrogen and oxygen atoms in total. The van der Waals surface area contributed by atoms with E-state index in [1.54, 1.807) is 0 Å². The van der Waals surface area contributed by atoms with Crippen LogP contribution in [0.25, 0.3) is 0 Å². The third-order valence-corrected chi connectivity index (χ3v) is 5.50. The molecule has 21 heavy (non-hydrogen) atoms. The molecular formula is C13H15NO6S. The first kappa shape index (κ1) is 15.3. The van der Waals surface area contributed by atoms with Gasteiger partial charge in [0.2, 0.25) is 5.91 Å². The first-order valence-corrected chi connectivity index (χ1v) is 8.00. The zero-order chi connectivity index (χ0) is 15.6. The summed E-state index contributed by atoms with van der Waals surface area (Å²) in [5, 5.41) is 10.4. The third kappa shape index (κ3) is 3.15. The van der Waals surface area contributed by atoms with Gasteiger partial charge in [-0.15, -0.1) is 0 Å². The highest BCUT2D eigenvalue weighted by Gasteiger charge is 2.37. The van der Waals surface area contributed by atoms with Gasteiger partial charge in [0.1, 0.15) is 16.6 Å². The molecule has 0 radical (unpaired) electrons. The number of carboxylic acids is 1. The highest BCUT2D eigenvalue weighted by molar-refractivity contribution is 7.93. The lowest BCUT2D eigenvalue weighted by Gasteiger charge is -2.12. The fourth-order valence-corrected chi connectivity index (χ4v) is 4.02. The summed E-state index contributed by atoms with van der Waals surface area (Å²) in [5.41, 5.74) is 0.257. The van der Waals surface area contributed by atoms with Crippen LogP contribution in [0.1, 0.15) is 23.2 Å². The van der Waals surface area contributed by atoms with Crippen LogP contribution in [0, 0.1) is 0 Å². The minimum atomic E-state index is -3.38. The molecule has 1 aromatic rings. The molecule has 0 saturated carbocycles. The number of methoxy groups -OCH3 is 1. The Morgan fingerprint density at radius 3 is 2.62 bits per heavy atom. The average molecular weight is 313 g/mol. The Hall–Kier alpha value is -2.09. The molecule has 8 heteroatoms. The third-order valence-electron chi connectivity index (χ3n) is 3.32. The van der Waals surface area contributed by atoms with E-state index in [9.17, 15) is 18.0 Å². The Morgan fingerprint density at radius 2 is 2.10 bits per heavy atom. The van der Waals surface area contributed by atoms with Gasteiger partial charge in [0.15, 0.2) is 9.84 Å². The fraction of sp³-hybridized carbons (Fsp3) is 0.385. The maximum Gasteiger partial charge on any atom is 0.339 e. The van der Waals surface area contributed by atoms with E-state index >= 15 is 0 Å². The van der Waals surface area contributed by atoms with Crippen molar-refractivity contribution in [3.05, 3.63) is 23.8 Å². The standard InChI is InChI=1S/C13H15NO6S/c1-20-10-7-8(4-5-9(10)13(16)17)14-12(15)11-3-2-6-21(11,18)19/h4-5,7,11H,2-3,6H2,1H3,(H,14,15)(H,16,17). The number of sulfone groups is 1. The van der Waals surface area contributed by atoms with Crippen LogP contribution in [0.4, 0.5) is 5.69 Å². The van der Waals surface area contributed by atoms with Crippen molar-refractivity contribution in [2.45, 2.75) is 18.1 Å². The highest BCUT2D eigenvalue weighted by Crippen LogP contribution is 2.25. The van der Waals surface area contributed by atoms with Gasteiger partial charge >= 0.3 is 5.97 Å². The molecule has 1 aromatic carbocycles. The lowest BCUT2D eigenvalue weighted by molar-refractivity contribution is -0.115. The quantitative estimate of drug-likeness (QED) is 0.855. The van der Waals surface area contributed by atoms with Crippen molar-refractivity contribution in [1.82, 2.24) is 0 Å². The lowest BCUT2D eigenvalue weighted by atomic mass is 10.1. The number of ether oxygens (including phenoxy) is 1. The van der Waals surface area contributed by atoms with Crippen molar-refractivity contribution in [2.24, 2.45) is 0 Å². The SMILES string of the molecule is COc1cc(NC(=O)C2CCCS2(=O)=O)ccc1C(=O)O. The van der Waals surface area contributed by atoms with E-state index < -0.39 is 27.0 Å². The van der Waals surface area contributed by atoms with E-state index in [-0.39, 0.29) is 17.1 Å². The Morgan fingerprint density at radius 1 is 1.38 bits per heavy atom. The molecule has 0 bridgehead atoms. The van der Waals surface area contributed by atoms with Gasteiger partial charge in [0, 0.05) is 11.8 Å². The second-order valence-electron chi connectivity index (χ2n) is 4.71. The number of hydrogen-bond donors (Lipinski definition) is 2. The van der Waals surface area contributed by atoms with Crippen molar-refractivity contribution in [2.75, 3.05) is 18.2 Å². The van der Waals surface area contributed by atoms with E-state index in [4.69, 9.17) is 9.84 Å². The Kier molecular flexibility index (Phi) is 4.17. The second kappa shape index (κ2) is 5.72. The van der Waals surface area contributed by atoms with Gasteiger partial charge in [0.25, 0.3) is 0 Å². The molecule has 1 fully saturated rings. The number of carboxylic acid groups (broad SMARTS) is 1. The van der Waals surface area contributed by atoms with Crippen LogP contribution in [0.3, 0.4) is 0 Å². The van der Waals surface area contributed by atoms with Crippen LogP contribution in [-0.2, 0) is 14.6 Å². The summed E-state index contributed by atoms with van der Waals surface area (Å²) < 4.78 is 28.3. The molecular weight excluding hydrogens is 298 g/mol. The number of hydrogen-bond acceptors (Lipinski definition) is 5. The zero-order valence-corrected chi connectivity index (χ0v) is 12.1. The number of aromatic carboxylic acids is 1. The predicted molar refractivity (Wildman–Crippen MR) is 75.4 cm³/mol. The number of anilines is 1. The van der Waals surface area contributed by atoms with Crippen LogP contribution >= 0.6 is 0 Å². The number of nitrogens with one attached hydrogen (secondary N) is 1. The molecule has 1 aliphatic heterocycles. The molecule has 1 atom stereocenters. The van der Waals surface area contributed by atoms with Gasteiger partial charge in [-0.25, -0.2) is 13.2 Å². The number of amides is 1. The van der Waals surface area contributed by atoms with Crippen molar-refractivity contribution in [3.63, 3.8) is 0 Å². The van der Waals surface area contributed by atoms with Gasteiger partial charge in [-0.2, -0.15) is 0 Å². The molecule has 0 aliphatic carbocycles. The average Bonchev–Trinajstić information content (AvgIpc) is 2.77. The van der Waals surface area contributed by atoms with E-state index in [1.807, 2.05) is 0 Å². The smallest absolute Gasteiger partial charge is 0.339 e. The van der Waals surface area contributed by atoms with E-state index in [1.165, 1.54) is 25.3 Å². The summed E-state index contributed by atoms with van der Waals surface area (Å²) in [7, 11) is -2.07. The van der Waals surface area contributed by atoms with Gasteiger partial charge in [0.05, 0.1) is 12.9 Å². The first-order chi connectivity index (χ1) is 9.85. The molecule has 1 amide bonds. The summed E-state index contributed by atoms with van der Waals surface area (Å²) in [4.78, 5) is 23.0. The Labute approximate surface area is 121 Å². The van der Waals surface area contributed by atoms with Gasteiger partial charge in [-0.3, -0.25) is 4.79 Å². The zero-order valence-electron chi connectivity index (χ0n) is 11.3. The molecule has 114 valence electrons.